The molecule has 1 aromatic rings. The zero-order chi connectivity index (χ0) is 11.6. The summed E-state index contributed by atoms with van der Waals surface area (Å²) in [7, 11) is 3.99. The van der Waals surface area contributed by atoms with Crippen molar-refractivity contribution >= 4 is 5.69 Å². The van der Waals surface area contributed by atoms with Gasteiger partial charge >= 0.3 is 0 Å². The molecule has 0 aliphatic heterocycles. The second kappa shape index (κ2) is 4.23. The molecule has 1 rings (SSSR count). The summed E-state index contributed by atoms with van der Waals surface area (Å²) in [4.78, 5) is 2.03. The third-order valence-electron chi connectivity index (χ3n) is 2.61. The highest BCUT2D eigenvalue weighted by atomic mass is 16.3. The Hall–Kier alpha value is -1.02. The Morgan fingerprint density at radius 2 is 1.87 bits per heavy atom. The van der Waals surface area contributed by atoms with E-state index in [4.69, 9.17) is 0 Å². The van der Waals surface area contributed by atoms with E-state index in [1.165, 1.54) is 5.56 Å². The van der Waals surface area contributed by atoms with Gasteiger partial charge in [-0.15, -0.1) is 0 Å². The van der Waals surface area contributed by atoms with Gasteiger partial charge in [-0.2, -0.15) is 0 Å². The average Bonchev–Trinajstić information content (AvgIpc) is 2.15. The number of nitrogens with zero attached hydrogens (tertiary/aromatic N) is 1. The molecule has 0 atom stereocenters. The van der Waals surface area contributed by atoms with Gasteiger partial charge in [0.15, 0.2) is 0 Å². The van der Waals surface area contributed by atoms with Crippen LogP contribution in [-0.4, -0.2) is 19.2 Å². The van der Waals surface area contributed by atoms with Crippen LogP contribution in [0.4, 0.5) is 5.69 Å². The zero-order valence-corrected chi connectivity index (χ0v) is 10.3. The zero-order valence-electron chi connectivity index (χ0n) is 10.3. The van der Waals surface area contributed by atoms with Crippen molar-refractivity contribution in [2.45, 2.75) is 32.8 Å². The maximum Gasteiger partial charge on any atom is 0.0860 e. The Labute approximate surface area is 92.5 Å². The highest BCUT2D eigenvalue weighted by Crippen LogP contribution is 2.30. The minimum atomic E-state index is -0.787. The average molecular weight is 207 g/mol. The summed E-state index contributed by atoms with van der Waals surface area (Å²) in [6.45, 7) is 5.78. The molecule has 0 aromatic heterocycles. The Morgan fingerprint density at radius 3 is 2.27 bits per heavy atom. The maximum atomic E-state index is 10.1. The van der Waals surface area contributed by atoms with Crippen molar-refractivity contribution in [3.05, 3.63) is 29.3 Å². The molecule has 2 nitrogen and oxygen atoms in total. The van der Waals surface area contributed by atoms with Crippen LogP contribution in [0.15, 0.2) is 18.2 Å². The summed E-state index contributed by atoms with van der Waals surface area (Å²) in [5.41, 5.74) is 2.55. The van der Waals surface area contributed by atoms with Gasteiger partial charge in [-0.05, 0) is 31.9 Å². The summed E-state index contributed by atoms with van der Waals surface area (Å²) in [6.07, 6.45) is 0.997. The molecule has 84 valence electrons. The van der Waals surface area contributed by atoms with E-state index in [1.54, 1.807) is 0 Å². The van der Waals surface area contributed by atoms with Crippen LogP contribution in [0.2, 0.25) is 0 Å². The standard InChI is InChI=1S/C13H21NO/c1-6-10-7-8-12(14(4)5)11(9-10)13(2,3)15/h7-9,15H,6H2,1-5H3. The topological polar surface area (TPSA) is 23.5 Å². The van der Waals surface area contributed by atoms with Gasteiger partial charge in [-0.3, -0.25) is 0 Å². The van der Waals surface area contributed by atoms with Gasteiger partial charge in [0, 0.05) is 25.3 Å². The molecular weight excluding hydrogens is 186 g/mol. The molecule has 0 aliphatic rings. The molecule has 0 unspecified atom stereocenters. The van der Waals surface area contributed by atoms with E-state index in [1.807, 2.05) is 32.8 Å². The lowest BCUT2D eigenvalue weighted by Gasteiger charge is -2.26. The van der Waals surface area contributed by atoms with Crippen LogP contribution in [0.25, 0.3) is 0 Å². The first-order valence-electron chi connectivity index (χ1n) is 5.39. The van der Waals surface area contributed by atoms with Gasteiger partial charge in [0.25, 0.3) is 0 Å². The van der Waals surface area contributed by atoms with E-state index in [0.29, 0.717) is 0 Å². The number of aryl methyl sites for hydroxylation is 1. The van der Waals surface area contributed by atoms with Gasteiger partial charge in [0.1, 0.15) is 0 Å². The second-order valence-corrected chi connectivity index (χ2v) is 4.66. The number of hydrogen-bond donors (Lipinski definition) is 1. The molecule has 0 amide bonds. The summed E-state index contributed by atoms with van der Waals surface area (Å²) < 4.78 is 0. The predicted molar refractivity (Wildman–Crippen MR) is 65.4 cm³/mol. The molecule has 0 bridgehead atoms. The quantitative estimate of drug-likeness (QED) is 0.823. The van der Waals surface area contributed by atoms with Gasteiger partial charge in [-0.25, -0.2) is 0 Å². The molecule has 0 heterocycles. The monoisotopic (exact) mass is 207 g/mol. The Kier molecular flexibility index (Phi) is 3.40. The molecule has 0 saturated heterocycles. The van der Waals surface area contributed by atoms with E-state index < -0.39 is 5.60 Å². The van der Waals surface area contributed by atoms with Crippen molar-refractivity contribution in [2.75, 3.05) is 19.0 Å². The number of anilines is 1. The third kappa shape index (κ3) is 2.72. The number of benzene rings is 1. The third-order valence-corrected chi connectivity index (χ3v) is 2.61. The lowest BCUT2D eigenvalue weighted by molar-refractivity contribution is 0.0790. The lowest BCUT2D eigenvalue weighted by atomic mass is 9.93. The number of aliphatic hydroxyl groups is 1. The van der Waals surface area contributed by atoms with Crippen molar-refractivity contribution in [3.8, 4) is 0 Å². The van der Waals surface area contributed by atoms with Crippen molar-refractivity contribution in [3.63, 3.8) is 0 Å². The Morgan fingerprint density at radius 1 is 1.27 bits per heavy atom. The first-order chi connectivity index (χ1) is 6.86. The smallest absolute Gasteiger partial charge is 0.0860 e. The fourth-order valence-corrected chi connectivity index (χ4v) is 1.68. The normalized spacial score (nSPS) is 11.6. The Bertz CT molecular complexity index is 337. The molecule has 2 heteroatoms. The minimum absolute atomic E-state index is 0.787. The molecule has 0 saturated carbocycles. The molecule has 0 fully saturated rings. The van der Waals surface area contributed by atoms with Crippen molar-refractivity contribution in [1.82, 2.24) is 0 Å². The maximum absolute atomic E-state index is 10.1. The van der Waals surface area contributed by atoms with Gasteiger partial charge in [0.2, 0.25) is 0 Å². The van der Waals surface area contributed by atoms with Crippen LogP contribution in [0.1, 0.15) is 31.9 Å². The summed E-state index contributed by atoms with van der Waals surface area (Å²) in [5.74, 6) is 0. The lowest BCUT2D eigenvalue weighted by Crippen LogP contribution is -2.21. The van der Waals surface area contributed by atoms with Crippen LogP contribution >= 0.6 is 0 Å². The first-order valence-corrected chi connectivity index (χ1v) is 5.39. The summed E-state index contributed by atoms with van der Waals surface area (Å²) >= 11 is 0. The molecule has 15 heavy (non-hydrogen) atoms. The van der Waals surface area contributed by atoms with Crippen molar-refractivity contribution in [2.24, 2.45) is 0 Å². The van der Waals surface area contributed by atoms with E-state index in [9.17, 15) is 5.11 Å². The molecule has 1 N–H and O–H groups in total. The van der Waals surface area contributed by atoms with E-state index in [2.05, 4.69) is 25.1 Å². The van der Waals surface area contributed by atoms with E-state index in [-0.39, 0.29) is 0 Å². The largest absolute Gasteiger partial charge is 0.386 e. The van der Waals surface area contributed by atoms with E-state index >= 15 is 0 Å². The number of hydrogen-bond acceptors (Lipinski definition) is 2. The molecule has 0 spiro atoms. The van der Waals surface area contributed by atoms with Crippen LogP contribution < -0.4 is 4.90 Å². The highest BCUT2D eigenvalue weighted by Gasteiger charge is 2.21. The Balaban J connectivity index is 3.29. The first kappa shape index (κ1) is 12.1. The fourth-order valence-electron chi connectivity index (χ4n) is 1.68. The molecule has 0 aliphatic carbocycles. The highest BCUT2D eigenvalue weighted by molar-refractivity contribution is 5.56. The number of rotatable bonds is 3. The van der Waals surface area contributed by atoms with Crippen molar-refractivity contribution < 1.29 is 5.11 Å². The second-order valence-electron chi connectivity index (χ2n) is 4.66. The minimum Gasteiger partial charge on any atom is -0.386 e. The van der Waals surface area contributed by atoms with Crippen molar-refractivity contribution in [1.29, 1.82) is 0 Å². The molecular formula is C13H21NO. The summed E-state index contributed by atoms with van der Waals surface area (Å²) in [6, 6.07) is 6.28. The fraction of sp³-hybridized carbons (Fsp3) is 0.538. The predicted octanol–water partition coefficient (Wildman–Crippen LogP) is 2.54. The summed E-state index contributed by atoms with van der Waals surface area (Å²) in [5, 5.41) is 10.1. The SMILES string of the molecule is CCc1ccc(N(C)C)c(C(C)(C)O)c1. The van der Waals surface area contributed by atoms with Crippen LogP contribution in [-0.2, 0) is 12.0 Å². The van der Waals surface area contributed by atoms with Gasteiger partial charge < -0.3 is 10.0 Å². The molecule has 0 radical (unpaired) electrons. The van der Waals surface area contributed by atoms with Crippen LogP contribution in [0.3, 0.4) is 0 Å². The van der Waals surface area contributed by atoms with Crippen LogP contribution in [0, 0.1) is 0 Å². The van der Waals surface area contributed by atoms with E-state index in [0.717, 1.165) is 17.7 Å². The molecule has 1 aromatic carbocycles. The van der Waals surface area contributed by atoms with Gasteiger partial charge in [-0.1, -0.05) is 19.1 Å². The van der Waals surface area contributed by atoms with Gasteiger partial charge in [0.05, 0.1) is 5.60 Å². The van der Waals surface area contributed by atoms with Crippen LogP contribution in [0.5, 0.6) is 0 Å².